The Morgan fingerprint density at radius 3 is 2.36 bits per heavy atom. The molecular formula is C7H7ClO2S. The highest BCUT2D eigenvalue weighted by atomic mass is 35.5. The molecule has 0 aliphatic heterocycles. The molecule has 0 saturated carbocycles. The van der Waals surface area contributed by atoms with Gasteiger partial charge in [0.25, 0.3) is 0 Å². The van der Waals surface area contributed by atoms with Crippen molar-refractivity contribution in [2.24, 2.45) is 0 Å². The molecule has 11 heavy (non-hydrogen) atoms. The van der Waals surface area contributed by atoms with Gasteiger partial charge in [-0.25, -0.2) is 4.21 Å². The summed E-state index contributed by atoms with van der Waals surface area (Å²) in [5, 5.41) is 0.637. The van der Waals surface area contributed by atoms with E-state index in [4.69, 9.17) is 16.2 Å². The molecule has 1 rings (SSSR count). The van der Waals surface area contributed by atoms with Gasteiger partial charge in [-0.05, 0) is 17.7 Å². The van der Waals surface area contributed by atoms with Gasteiger partial charge in [0.05, 0.1) is 5.75 Å². The largest absolute Gasteiger partial charge is 0.306 e. The van der Waals surface area contributed by atoms with Crippen LogP contribution in [0.2, 0.25) is 5.02 Å². The first-order valence-electron chi connectivity index (χ1n) is 3.00. The Labute approximate surface area is 72.5 Å². The summed E-state index contributed by atoms with van der Waals surface area (Å²) in [5.74, 6) is 0.164. The summed E-state index contributed by atoms with van der Waals surface area (Å²) in [6.45, 7) is 0. The van der Waals surface area contributed by atoms with E-state index in [1.54, 1.807) is 24.3 Å². The van der Waals surface area contributed by atoms with Crippen LogP contribution in [0.1, 0.15) is 5.56 Å². The zero-order chi connectivity index (χ0) is 8.27. The van der Waals surface area contributed by atoms with Crippen molar-refractivity contribution in [2.75, 3.05) is 0 Å². The highest BCUT2D eigenvalue weighted by Crippen LogP contribution is 2.10. The van der Waals surface area contributed by atoms with Gasteiger partial charge < -0.3 is 4.55 Å². The van der Waals surface area contributed by atoms with Gasteiger partial charge in [-0.15, -0.1) is 0 Å². The van der Waals surface area contributed by atoms with Crippen molar-refractivity contribution < 1.29 is 8.76 Å². The predicted octanol–water partition coefficient (Wildman–Crippen LogP) is 2.06. The van der Waals surface area contributed by atoms with E-state index in [1.807, 2.05) is 0 Å². The van der Waals surface area contributed by atoms with Crippen LogP contribution in [0.5, 0.6) is 0 Å². The van der Waals surface area contributed by atoms with E-state index in [-0.39, 0.29) is 5.75 Å². The van der Waals surface area contributed by atoms with E-state index >= 15 is 0 Å². The molecule has 0 aliphatic rings. The molecule has 0 aromatic heterocycles. The summed E-state index contributed by atoms with van der Waals surface area (Å²) in [6.07, 6.45) is 0. The van der Waals surface area contributed by atoms with Gasteiger partial charge in [0, 0.05) is 5.02 Å². The molecule has 2 nitrogen and oxygen atoms in total. The summed E-state index contributed by atoms with van der Waals surface area (Å²) in [5.41, 5.74) is 0.815. The lowest BCUT2D eigenvalue weighted by Gasteiger charge is -1.95. The molecule has 1 aromatic carbocycles. The maximum atomic E-state index is 10.3. The Hall–Kier alpha value is -0.380. The number of halogens is 1. The summed E-state index contributed by atoms with van der Waals surface area (Å²) < 4.78 is 18.8. The van der Waals surface area contributed by atoms with Crippen LogP contribution >= 0.6 is 11.6 Å². The molecule has 60 valence electrons. The third-order valence-corrected chi connectivity index (χ3v) is 2.04. The number of rotatable bonds is 2. The van der Waals surface area contributed by atoms with Gasteiger partial charge in [-0.1, -0.05) is 23.7 Å². The third-order valence-electron chi connectivity index (χ3n) is 1.20. The number of hydrogen-bond donors (Lipinski definition) is 1. The van der Waals surface area contributed by atoms with Crippen LogP contribution in [0, 0.1) is 0 Å². The fourth-order valence-electron chi connectivity index (χ4n) is 0.723. The molecule has 4 heteroatoms. The van der Waals surface area contributed by atoms with Crippen molar-refractivity contribution in [3.05, 3.63) is 34.9 Å². The van der Waals surface area contributed by atoms with Gasteiger partial charge in [0.1, 0.15) is 0 Å². The molecule has 1 atom stereocenters. The van der Waals surface area contributed by atoms with Gasteiger partial charge in [0.15, 0.2) is 11.1 Å². The lowest BCUT2D eigenvalue weighted by molar-refractivity contribution is 0.563. The Balaban J connectivity index is 2.74. The quantitative estimate of drug-likeness (QED) is 0.725. The minimum absolute atomic E-state index is 0.164. The third kappa shape index (κ3) is 3.01. The minimum Gasteiger partial charge on any atom is -0.306 e. The van der Waals surface area contributed by atoms with Crippen LogP contribution in [0.15, 0.2) is 24.3 Å². The molecule has 1 aromatic rings. The Bertz CT molecular complexity index is 258. The van der Waals surface area contributed by atoms with E-state index < -0.39 is 11.1 Å². The van der Waals surface area contributed by atoms with Crippen LogP contribution < -0.4 is 0 Å². The monoisotopic (exact) mass is 190 g/mol. The second-order valence-corrected chi connectivity index (χ2v) is 3.46. The van der Waals surface area contributed by atoms with Crippen LogP contribution in [0.3, 0.4) is 0 Å². The smallest absolute Gasteiger partial charge is 0.157 e. The fourth-order valence-corrected chi connectivity index (χ4v) is 1.33. The lowest BCUT2D eigenvalue weighted by Crippen LogP contribution is -1.91. The van der Waals surface area contributed by atoms with Crippen molar-refractivity contribution in [1.82, 2.24) is 0 Å². The summed E-state index contributed by atoms with van der Waals surface area (Å²) in [4.78, 5) is 0. The van der Waals surface area contributed by atoms with Gasteiger partial charge >= 0.3 is 0 Å². The second-order valence-electron chi connectivity index (χ2n) is 2.09. The molecule has 0 bridgehead atoms. The van der Waals surface area contributed by atoms with E-state index in [0.29, 0.717) is 5.02 Å². The molecular weight excluding hydrogens is 184 g/mol. The van der Waals surface area contributed by atoms with E-state index in [1.165, 1.54) is 0 Å². The standard InChI is InChI=1S/C7H7ClO2S/c8-7-3-1-6(2-4-7)5-11(9)10/h1-4H,5H2,(H,9,10). The zero-order valence-electron chi connectivity index (χ0n) is 5.66. The molecule has 0 fully saturated rings. The van der Waals surface area contributed by atoms with Crippen molar-refractivity contribution in [1.29, 1.82) is 0 Å². The normalized spacial score (nSPS) is 12.9. The summed E-state index contributed by atoms with van der Waals surface area (Å²) >= 11 is 3.84. The van der Waals surface area contributed by atoms with Gasteiger partial charge in [0.2, 0.25) is 0 Å². The number of hydrogen-bond acceptors (Lipinski definition) is 1. The minimum atomic E-state index is -1.77. The molecule has 0 amide bonds. The summed E-state index contributed by atoms with van der Waals surface area (Å²) in [7, 11) is 0. The summed E-state index contributed by atoms with van der Waals surface area (Å²) in [6, 6.07) is 6.86. The first-order chi connectivity index (χ1) is 5.18. The first-order valence-corrected chi connectivity index (χ1v) is 4.66. The van der Waals surface area contributed by atoms with Crippen LogP contribution in [-0.2, 0) is 16.8 Å². The highest BCUT2D eigenvalue weighted by Gasteiger charge is 1.96. The topological polar surface area (TPSA) is 37.3 Å². The van der Waals surface area contributed by atoms with E-state index in [0.717, 1.165) is 5.56 Å². The molecule has 0 aliphatic carbocycles. The maximum Gasteiger partial charge on any atom is 0.157 e. The molecule has 0 spiro atoms. The van der Waals surface area contributed by atoms with E-state index in [2.05, 4.69) is 0 Å². The number of benzene rings is 1. The Morgan fingerprint density at radius 1 is 1.36 bits per heavy atom. The van der Waals surface area contributed by atoms with Gasteiger partial charge in [-0.2, -0.15) is 0 Å². The maximum absolute atomic E-state index is 10.3. The Kier molecular flexibility index (Phi) is 3.05. The lowest BCUT2D eigenvalue weighted by atomic mass is 10.2. The Morgan fingerprint density at radius 2 is 1.91 bits per heavy atom. The predicted molar refractivity (Wildman–Crippen MR) is 45.9 cm³/mol. The van der Waals surface area contributed by atoms with E-state index in [9.17, 15) is 4.21 Å². The second kappa shape index (κ2) is 3.85. The fraction of sp³-hybridized carbons (Fsp3) is 0.143. The molecule has 0 saturated heterocycles. The van der Waals surface area contributed by atoms with Crippen molar-refractivity contribution in [2.45, 2.75) is 5.75 Å². The molecule has 1 N–H and O–H groups in total. The van der Waals surface area contributed by atoms with Gasteiger partial charge in [-0.3, -0.25) is 0 Å². The van der Waals surface area contributed by atoms with Crippen molar-refractivity contribution >= 4 is 22.7 Å². The SMILES string of the molecule is O=S(O)Cc1ccc(Cl)cc1. The average molecular weight is 191 g/mol. The molecule has 1 unspecified atom stereocenters. The van der Waals surface area contributed by atoms with Crippen molar-refractivity contribution in [3.63, 3.8) is 0 Å². The van der Waals surface area contributed by atoms with Crippen molar-refractivity contribution in [3.8, 4) is 0 Å². The van der Waals surface area contributed by atoms with Crippen LogP contribution in [0.25, 0.3) is 0 Å². The zero-order valence-corrected chi connectivity index (χ0v) is 7.23. The highest BCUT2D eigenvalue weighted by molar-refractivity contribution is 7.78. The van der Waals surface area contributed by atoms with Crippen LogP contribution in [0.4, 0.5) is 0 Å². The molecule has 0 heterocycles. The first kappa shape index (κ1) is 8.71. The van der Waals surface area contributed by atoms with Crippen LogP contribution in [-0.4, -0.2) is 8.76 Å². The average Bonchev–Trinajstić information content (AvgIpc) is 1.93. The molecule has 0 radical (unpaired) electrons.